The standard InChI is InChI=1S/C76H148O17P2/c1-6-9-12-15-18-21-23-24-25-26-27-28-29-34-38-42-47-52-57-62-76(81)93-72(66-87-74(79)60-55-50-45-40-37-33-31-30-32-36-39-43-48-53-58-69(4)5)68-91-95(84,85)89-64-70(77)63-88-94(82,83)90-67-71(65-86-73(78)59-54-49-44-20-17-14-11-8-3)92-75(80)61-56-51-46-41-35-22-19-16-13-10-7-2/h69-72,77H,6-68H2,1-5H3,(H,82,83)(H,84,85)/t70-,71+,72+/m0/s1. The van der Waals surface area contributed by atoms with Crippen LogP contribution in [0.1, 0.15) is 401 Å². The van der Waals surface area contributed by atoms with E-state index in [9.17, 15) is 43.2 Å². The molecule has 0 spiro atoms. The first-order valence-electron chi connectivity index (χ1n) is 39.6. The van der Waals surface area contributed by atoms with Crippen molar-refractivity contribution >= 4 is 39.5 Å². The van der Waals surface area contributed by atoms with Gasteiger partial charge in [0.15, 0.2) is 12.2 Å². The number of phosphoric ester groups is 2. The van der Waals surface area contributed by atoms with Crippen LogP contribution in [0, 0.1) is 5.92 Å². The van der Waals surface area contributed by atoms with E-state index in [0.717, 1.165) is 102 Å². The predicted octanol–water partition coefficient (Wildman–Crippen LogP) is 22.5. The molecular weight excluding hydrogens is 1250 g/mol. The van der Waals surface area contributed by atoms with Gasteiger partial charge >= 0.3 is 39.5 Å². The molecule has 95 heavy (non-hydrogen) atoms. The van der Waals surface area contributed by atoms with Crippen molar-refractivity contribution < 1.29 is 80.2 Å². The lowest BCUT2D eigenvalue weighted by atomic mass is 10.0. The number of carbonyl (C=O) groups excluding carboxylic acids is 4. The molecule has 17 nitrogen and oxygen atoms in total. The van der Waals surface area contributed by atoms with E-state index in [1.807, 2.05) is 0 Å². The summed E-state index contributed by atoms with van der Waals surface area (Å²) in [5, 5.41) is 10.6. The lowest BCUT2D eigenvalue weighted by Gasteiger charge is -2.21. The minimum atomic E-state index is -4.96. The number of aliphatic hydroxyl groups is 1. The second-order valence-electron chi connectivity index (χ2n) is 27.9. The van der Waals surface area contributed by atoms with Crippen LogP contribution in [-0.4, -0.2) is 96.7 Å². The second-order valence-corrected chi connectivity index (χ2v) is 30.8. The molecule has 0 aromatic rings. The van der Waals surface area contributed by atoms with Crippen molar-refractivity contribution in [1.82, 2.24) is 0 Å². The molecule has 0 aliphatic heterocycles. The van der Waals surface area contributed by atoms with E-state index in [-0.39, 0.29) is 25.7 Å². The zero-order chi connectivity index (χ0) is 69.8. The molecular formula is C76H148O17P2. The van der Waals surface area contributed by atoms with Gasteiger partial charge in [0, 0.05) is 25.7 Å². The lowest BCUT2D eigenvalue weighted by molar-refractivity contribution is -0.161. The molecule has 0 heterocycles. The Morgan fingerprint density at radius 2 is 0.484 bits per heavy atom. The summed E-state index contributed by atoms with van der Waals surface area (Å²) >= 11 is 0. The topological polar surface area (TPSA) is 237 Å². The van der Waals surface area contributed by atoms with Crippen LogP contribution in [0.3, 0.4) is 0 Å². The molecule has 5 atom stereocenters. The molecule has 2 unspecified atom stereocenters. The molecule has 0 bridgehead atoms. The van der Waals surface area contributed by atoms with Crippen molar-refractivity contribution in [1.29, 1.82) is 0 Å². The van der Waals surface area contributed by atoms with Gasteiger partial charge in [-0.3, -0.25) is 37.3 Å². The maximum absolute atomic E-state index is 13.1. The van der Waals surface area contributed by atoms with Crippen LogP contribution in [0.25, 0.3) is 0 Å². The summed E-state index contributed by atoms with van der Waals surface area (Å²) in [5.74, 6) is -1.32. The Labute approximate surface area is 581 Å². The van der Waals surface area contributed by atoms with E-state index < -0.39 is 97.5 Å². The molecule has 0 fully saturated rings. The zero-order valence-corrected chi connectivity index (χ0v) is 63.6. The minimum Gasteiger partial charge on any atom is -0.462 e. The zero-order valence-electron chi connectivity index (χ0n) is 61.8. The summed E-state index contributed by atoms with van der Waals surface area (Å²) < 4.78 is 68.4. The van der Waals surface area contributed by atoms with Crippen LogP contribution in [0.4, 0.5) is 0 Å². The average molecular weight is 1400 g/mol. The molecule has 0 aliphatic carbocycles. The number of aliphatic hydroxyl groups excluding tert-OH is 1. The third kappa shape index (κ3) is 70.3. The SMILES string of the molecule is CCCCCCCCCCCCCCCCCCCCCC(=O)O[C@H](COC(=O)CCCCCCCCCCCCCCCCC(C)C)COP(=O)(O)OC[C@@H](O)COP(=O)(O)OC[C@@H](COC(=O)CCCCCCCCCC)OC(=O)CCCCCCCCCCCCC. The second kappa shape index (κ2) is 69.2. The van der Waals surface area contributed by atoms with Crippen LogP contribution in [0.15, 0.2) is 0 Å². The maximum atomic E-state index is 13.1. The largest absolute Gasteiger partial charge is 0.472 e. The van der Waals surface area contributed by atoms with Crippen molar-refractivity contribution in [3.63, 3.8) is 0 Å². The molecule has 0 aromatic heterocycles. The number of hydrogen-bond acceptors (Lipinski definition) is 15. The minimum absolute atomic E-state index is 0.107. The molecule has 19 heteroatoms. The number of rotatable bonds is 76. The molecule has 0 radical (unpaired) electrons. The van der Waals surface area contributed by atoms with Crippen molar-refractivity contribution in [2.75, 3.05) is 39.6 Å². The third-order valence-electron chi connectivity index (χ3n) is 17.8. The Morgan fingerprint density at radius 3 is 0.716 bits per heavy atom. The molecule has 0 amide bonds. The fraction of sp³-hybridized carbons (Fsp3) is 0.947. The summed E-state index contributed by atoms with van der Waals surface area (Å²) in [6.07, 6.45) is 58.3. The van der Waals surface area contributed by atoms with Crippen LogP contribution in [0.5, 0.6) is 0 Å². The van der Waals surface area contributed by atoms with Crippen molar-refractivity contribution in [2.24, 2.45) is 5.92 Å². The number of hydrogen-bond donors (Lipinski definition) is 3. The summed E-state index contributed by atoms with van der Waals surface area (Å²) in [6, 6.07) is 0. The average Bonchev–Trinajstić information content (AvgIpc) is 1.80. The molecule has 0 aliphatic rings. The van der Waals surface area contributed by atoms with E-state index >= 15 is 0 Å². The lowest BCUT2D eigenvalue weighted by Crippen LogP contribution is -2.30. The number of carbonyl (C=O) groups is 4. The third-order valence-corrected chi connectivity index (χ3v) is 19.7. The van der Waals surface area contributed by atoms with E-state index in [0.29, 0.717) is 25.7 Å². The molecule has 0 aromatic carbocycles. The highest BCUT2D eigenvalue weighted by molar-refractivity contribution is 7.47. The van der Waals surface area contributed by atoms with Gasteiger partial charge < -0.3 is 33.8 Å². The monoisotopic (exact) mass is 1400 g/mol. The highest BCUT2D eigenvalue weighted by Crippen LogP contribution is 2.45. The number of phosphoric acid groups is 2. The molecule has 0 saturated heterocycles. The normalized spacial score (nSPS) is 13.9. The van der Waals surface area contributed by atoms with E-state index in [1.54, 1.807) is 0 Å². The quantitative estimate of drug-likeness (QED) is 0.0222. The van der Waals surface area contributed by atoms with Crippen LogP contribution in [0.2, 0.25) is 0 Å². The smallest absolute Gasteiger partial charge is 0.462 e. The summed E-state index contributed by atoms with van der Waals surface area (Å²) in [6.45, 7) is 7.29. The van der Waals surface area contributed by atoms with Crippen LogP contribution in [-0.2, 0) is 65.4 Å². The Morgan fingerprint density at radius 1 is 0.284 bits per heavy atom. The fourth-order valence-electron chi connectivity index (χ4n) is 11.7. The van der Waals surface area contributed by atoms with Gasteiger partial charge in [-0.15, -0.1) is 0 Å². The number of ether oxygens (including phenoxy) is 4. The summed E-state index contributed by atoms with van der Waals surface area (Å²) in [5.41, 5.74) is 0. The first-order valence-corrected chi connectivity index (χ1v) is 42.6. The highest BCUT2D eigenvalue weighted by atomic mass is 31.2. The Balaban J connectivity index is 5.19. The van der Waals surface area contributed by atoms with Gasteiger partial charge in [0.25, 0.3) is 0 Å². The van der Waals surface area contributed by atoms with Gasteiger partial charge in [-0.2, -0.15) is 0 Å². The summed E-state index contributed by atoms with van der Waals surface area (Å²) in [4.78, 5) is 72.7. The van der Waals surface area contributed by atoms with Gasteiger partial charge in [-0.1, -0.05) is 349 Å². The van der Waals surface area contributed by atoms with Gasteiger partial charge in [0.05, 0.1) is 26.4 Å². The van der Waals surface area contributed by atoms with Gasteiger partial charge in [0.2, 0.25) is 0 Å². The molecule has 564 valence electrons. The van der Waals surface area contributed by atoms with Gasteiger partial charge in [0.1, 0.15) is 19.3 Å². The molecule has 0 rings (SSSR count). The van der Waals surface area contributed by atoms with Crippen LogP contribution >= 0.6 is 15.6 Å². The first-order chi connectivity index (χ1) is 46.0. The number of unbranched alkanes of at least 4 members (excludes halogenated alkanes) is 48. The van der Waals surface area contributed by atoms with E-state index in [1.165, 1.54) is 218 Å². The Bertz CT molecular complexity index is 1820. The van der Waals surface area contributed by atoms with E-state index in [4.69, 9.17) is 37.0 Å². The fourth-order valence-corrected chi connectivity index (χ4v) is 13.3. The molecule has 3 N–H and O–H groups in total. The van der Waals surface area contributed by atoms with Crippen molar-refractivity contribution in [2.45, 2.75) is 419 Å². The predicted molar refractivity (Wildman–Crippen MR) is 386 cm³/mol. The van der Waals surface area contributed by atoms with Crippen LogP contribution < -0.4 is 0 Å². The van der Waals surface area contributed by atoms with Gasteiger partial charge in [-0.25, -0.2) is 9.13 Å². The van der Waals surface area contributed by atoms with Crippen molar-refractivity contribution in [3.8, 4) is 0 Å². The van der Waals surface area contributed by atoms with Crippen molar-refractivity contribution in [3.05, 3.63) is 0 Å². The van der Waals surface area contributed by atoms with Gasteiger partial charge in [-0.05, 0) is 31.6 Å². The Kier molecular flexibility index (Phi) is 67.7. The molecule has 0 saturated carbocycles. The summed E-state index contributed by atoms with van der Waals surface area (Å²) in [7, 11) is -9.90. The number of esters is 4. The first kappa shape index (κ1) is 93.1. The highest BCUT2D eigenvalue weighted by Gasteiger charge is 2.30. The van der Waals surface area contributed by atoms with E-state index in [2.05, 4.69) is 34.6 Å². The Hall–Kier alpha value is -1.94. The maximum Gasteiger partial charge on any atom is 0.472 e.